The van der Waals surface area contributed by atoms with Gasteiger partial charge in [-0.25, -0.2) is 14.8 Å². The normalized spacial score (nSPS) is 10.8. The van der Waals surface area contributed by atoms with Gasteiger partial charge in [-0.1, -0.05) is 55.5 Å². The van der Waals surface area contributed by atoms with Crippen molar-refractivity contribution < 1.29 is 9.53 Å². The fraction of sp³-hybridized carbons (Fsp3) is 0.233. The molecule has 0 atom stereocenters. The van der Waals surface area contributed by atoms with E-state index in [4.69, 9.17) is 15.5 Å². The van der Waals surface area contributed by atoms with Gasteiger partial charge in [0.1, 0.15) is 23.7 Å². The Morgan fingerprint density at radius 2 is 1.72 bits per heavy atom. The lowest BCUT2D eigenvalue weighted by Crippen LogP contribution is -2.29. The lowest BCUT2D eigenvalue weighted by molar-refractivity contribution is 0.252. The van der Waals surface area contributed by atoms with E-state index in [-0.39, 0.29) is 18.4 Å². The number of amides is 2. The largest absolute Gasteiger partial charge is 0.489 e. The number of hydrogen-bond acceptors (Lipinski definition) is 5. The van der Waals surface area contributed by atoms with Gasteiger partial charge in [0.05, 0.1) is 11.0 Å². The van der Waals surface area contributed by atoms with Gasteiger partial charge in [0.15, 0.2) is 5.82 Å². The molecule has 0 radical (unpaired) electrons. The molecule has 3 aromatic carbocycles. The van der Waals surface area contributed by atoms with Gasteiger partial charge in [-0.05, 0) is 48.7 Å². The van der Waals surface area contributed by atoms with Gasteiger partial charge in [0.25, 0.3) is 0 Å². The first-order valence-electron chi connectivity index (χ1n) is 13.0. The number of ether oxygens (including phenoxy) is 1. The minimum atomic E-state index is -0.202. The van der Waals surface area contributed by atoms with Crippen LogP contribution in [0.5, 0.6) is 5.75 Å². The van der Waals surface area contributed by atoms with Crippen LogP contribution in [0.2, 0.25) is 0 Å². The van der Waals surface area contributed by atoms with Crippen molar-refractivity contribution in [2.45, 2.75) is 39.3 Å². The van der Waals surface area contributed by atoms with Gasteiger partial charge in [-0.15, -0.1) is 12.4 Å². The number of anilines is 2. The first kappa shape index (κ1) is 27.7. The molecule has 0 fully saturated rings. The average molecular weight is 545 g/mol. The molecule has 5 aromatic rings. The Labute approximate surface area is 234 Å². The number of nitrogens with zero attached hydrogens (tertiary/aromatic N) is 3. The van der Waals surface area contributed by atoms with E-state index in [2.05, 4.69) is 27.1 Å². The van der Waals surface area contributed by atoms with Crippen LogP contribution in [-0.4, -0.2) is 27.1 Å². The molecule has 5 rings (SSSR count). The number of rotatable bonds is 10. The molecule has 2 amide bonds. The zero-order valence-electron chi connectivity index (χ0n) is 21.9. The van der Waals surface area contributed by atoms with Crippen LogP contribution in [0.15, 0.2) is 78.9 Å². The first-order valence-corrected chi connectivity index (χ1v) is 13.0. The van der Waals surface area contributed by atoms with Gasteiger partial charge in [-0.2, -0.15) is 0 Å². The van der Waals surface area contributed by atoms with Crippen LogP contribution < -0.4 is 21.1 Å². The molecule has 0 aliphatic heterocycles. The summed E-state index contributed by atoms with van der Waals surface area (Å²) in [5.74, 6) is 2.16. The van der Waals surface area contributed by atoms with Crippen molar-refractivity contribution >= 4 is 51.9 Å². The number of unbranched alkanes of at least 4 members (excludes halogenated alkanes) is 1. The molecule has 4 N–H and O–H groups in total. The Morgan fingerprint density at radius 3 is 2.46 bits per heavy atom. The summed E-state index contributed by atoms with van der Waals surface area (Å²) in [6, 6.07) is 25.2. The minimum Gasteiger partial charge on any atom is -0.489 e. The number of carbonyl (C=O) groups is 1. The second-order valence-electron chi connectivity index (χ2n) is 9.13. The number of urea groups is 1. The van der Waals surface area contributed by atoms with Crippen LogP contribution in [0.25, 0.3) is 21.9 Å². The molecular weight excluding hydrogens is 512 g/mol. The van der Waals surface area contributed by atoms with Crippen LogP contribution >= 0.6 is 12.4 Å². The third kappa shape index (κ3) is 6.59. The molecule has 0 bridgehead atoms. The number of benzene rings is 3. The number of nitrogen functional groups attached to an aromatic ring is 1. The van der Waals surface area contributed by atoms with E-state index >= 15 is 0 Å². The number of fused-ring (bicyclic) bond motifs is 3. The van der Waals surface area contributed by atoms with E-state index in [1.165, 1.54) is 0 Å². The van der Waals surface area contributed by atoms with Crippen molar-refractivity contribution in [2.75, 3.05) is 17.6 Å². The number of pyridine rings is 1. The van der Waals surface area contributed by atoms with Gasteiger partial charge < -0.3 is 25.7 Å². The molecule has 39 heavy (non-hydrogen) atoms. The quantitative estimate of drug-likeness (QED) is 0.178. The maximum Gasteiger partial charge on any atom is 0.319 e. The molecule has 0 aliphatic carbocycles. The van der Waals surface area contributed by atoms with Crippen molar-refractivity contribution in [1.82, 2.24) is 19.9 Å². The SMILES string of the molecule is CCc1nc2c(N)nc3ccc(OCc4ccccc4)cc3c2n1CCCCNC(=O)Nc1ccccc1.Cl. The molecular formula is C30H33ClN6O2. The number of hydrogen-bond donors (Lipinski definition) is 3. The molecule has 8 nitrogen and oxygen atoms in total. The van der Waals surface area contributed by atoms with E-state index in [9.17, 15) is 4.79 Å². The number of aromatic nitrogens is 3. The summed E-state index contributed by atoms with van der Waals surface area (Å²) in [6.45, 7) is 3.92. The van der Waals surface area contributed by atoms with Crippen LogP contribution in [0.4, 0.5) is 16.3 Å². The Balaban J connectivity index is 0.00000353. The summed E-state index contributed by atoms with van der Waals surface area (Å²) < 4.78 is 8.33. The monoisotopic (exact) mass is 544 g/mol. The van der Waals surface area contributed by atoms with Crippen LogP contribution in [0.3, 0.4) is 0 Å². The lowest BCUT2D eigenvalue weighted by Gasteiger charge is -2.12. The molecule has 2 heterocycles. The fourth-order valence-corrected chi connectivity index (χ4v) is 4.57. The number of aryl methyl sites for hydroxylation is 2. The summed E-state index contributed by atoms with van der Waals surface area (Å²) in [4.78, 5) is 21.6. The predicted molar refractivity (Wildman–Crippen MR) is 160 cm³/mol. The molecule has 9 heteroatoms. The number of nitrogens with two attached hydrogens (primary N) is 1. The number of carbonyl (C=O) groups excluding carboxylic acids is 1. The maximum absolute atomic E-state index is 12.2. The first-order chi connectivity index (χ1) is 18.6. The zero-order chi connectivity index (χ0) is 26.3. The highest BCUT2D eigenvalue weighted by Crippen LogP contribution is 2.32. The predicted octanol–water partition coefficient (Wildman–Crippen LogP) is 6.33. The van der Waals surface area contributed by atoms with Crippen LogP contribution in [-0.2, 0) is 19.6 Å². The standard InChI is InChI=1S/C30H32N6O2.ClH/c1-2-26-35-27-28(36(26)18-10-9-17-32-30(37)33-22-13-7-4-8-14-22)24-19-23(15-16-25(24)34-29(27)31)38-20-21-11-5-3-6-12-21;/h3-8,11-16,19H,2,9-10,17-18,20H2,1H3,(H2,31,34)(H2,32,33,37);1H. The van der Waals surface area contributed by atoms with Gasteiger partial charge in [-0.3, -0.25) is 0 Å². The van der Waals surface area contributed by atoms with Crippen molar-refractivity contribution in [3.8, 4) is 5.75 Å². The van der Waals surface area contributed by atoms with Gasteiger partial charge in [0, 0.05) is 30.6 Å². The highest BCUT2D eigenvalue weighted by molar-refractivity contribution is 6.07. The lowest BCUT2D eigenvalue weighted by atomic mass is 10.1. The fourth-order valence-electron chi connectivity index (χ4n) is 4.57. The van der Waals surface area contributed by atoms with Crippen molar-refractivity contribution in [3.63, 3.8) is 0 Å². The minimum absolute atomic E-state index is 0. The Hall–Kier alpha value is -4.30. The average Bonchev–Trinajstić information content (AvgIpc) is 3.32. The van der Waals surface area contributed by atoms with Crippen molar-refractivity contribution in [2.24, 2.45) is 0 Å². The van der Waals surface area contributed by atoms with Crippen molar-refractivity contribution in [3.05, 3.63) is 90.3 Å². The molecule has 202 valence electrons. The molecule has 0 unspecified atom stereocenters. The molecule has 0 aliphatic rings. The molecule has 0 saturated carbocycles. The Kier molecular flexibility index (Phi) is 9.22. The smallest absolute Gasteiger partial charge is 0.319 e. The molecule has 2 aromatic heterocycles. The zero-order valence-corrected chi connectivity index (χ0v) is 22.7. The summed E-state index contributed by atoms with van der Waals surface area (Å²) in [6.07, 6.45) is 2.48. The van der Waals surface area contributed by atoms with E-state index in [1.54, 1.807) is 0 Å². The Bertz CT molecular complexity index is 1540. The topological polar surface area (TPSA) is 107 Å². The highest BCUT2D eigenvalue weighted by atomic mass is 35.5. The van der Waals surface area contributed by atoms with Crippen molar-refractivity contribution in [1.29, 1.82) is 0 Å². The van der Waals surface area contributed by atoms with Crippen LogP contribution in [0.1, 0.15) is 31.2 Å². The third-order valence-corrected chi connectivity index (χ3v) is 6.44. The number of nitrogens with one attached hydrogen (secondary N) is 2. The summed E-state index contributed by atoms with van der Waals surface area (Å²) in [5, 5.41) is 6.74. The summed E-state index contributed by atoms with van der Waals surface area (Å²) in [7, 11) is 0. The maximum atomic E-state index is 12.2. The summed E-state index contributed by atoms with van der Waals surface area (Å²) in [5.41, 5.74) is 10.7. The van der Waals surface area contributed by atoms with E-state index in [1.807, 2.05) is 78.9 Å². The van der Waals surface area contributed by atoms with Crippen LogP contribution in [0, 0.1) is 0 Å². The third-order valence-electron chi connectivity index (χ3n) is 6.44. The second-order valence-corrected chi connectivity index (χ2v) is 9.13. The number of halogens is 1. The second kappa shape index (κ2) is 13.0. The highest BCUT2D eigenvalue weighted by Gasteiger charge is 2.17. The van der Waals surface area contributed by atoms with E-state index in [0.717, 1.165) is 70.6 Å². The van der Waals surface area contributed by atoms with E-state index < -0.39 is 0 Å². The van der Waals surface area contributed by atoms with E-state index in [0.29, 0.717) is 19.0 Å². The summed E-state index contributed by atoms with van der Waals surface area (Å²) >= 11 is 0. The number of imidazole rings is 1. The number of para-hydroxylation sites is 1. The van der Waals surface area contributed by atoms with Gasteiger partial charge >= 0.3 is 6.03 Å². The Morgan fingerprint density at radius 1 is 0.974 bits per heavy atom. The molecule has 0 spiro atoms. The van der Waals surface area contributed by atoms with Gasteiger partial charge in [0.2, 0.25) is 0 Å². The molecule has 0 saturated heterocycles.